The molecule has 1 unspecified atom stereocenters. The zero-order valence-corrected chi connectivity index (χ0v) is 18.3. The zero-order chi connectivity index (χ0) is 18.2. The van der Waals surface area contributed by atoms with Gasteiger partial charge >= 0.3 is 0 Å². The van der Waals surface area contributed by atoms with E-state index in [2.05, 4.69) is 32.6 Å². The molecule has 2 aromatic heterocycles. The van der Waals surface area contributed by atoms with Gasteiger partial charge in [-0.1, -0.05) is 6.92 Å². The first-order chi connectivity index (χ1) is 12.8. The standard InChI is InChI=1S/C18H28N6O2.HI/c1-3-9-19-18(20-10-8-15-5-4-11-26-15)21-14-6-7-17-22-16(13-25-2)23-24(17)12-14;/h4-5,11,14H,3,6-10,12-13H2,1-2H3,(H2,19,20,21);1H. The number of guanidine groups is 1. The zero-order valence-electron chi connectivity index (χ0n) is 16.0. The van der Waals surface area contributed by atoms with Crippen molar-refractivity contribution < 1.29 is 9.15 Å². The minimum Gasteiger partial charge on any atom is -0.469 e. The summed E-state index contributed by atoms with van der Waals surface area (Å²) in [5, 5.41) is 11.5. The molecule has 150 valence electrons. The van der Waals surface area contributed by atoms with Gasteiger partial charge in [0.05, 0.1) is 12.8 Å². The molecule has 0 fully saturated rings. The van der Waals surface area contributed by atoms with Crippen molar-refractivity contribution in [3.8, 4) is 0 Å². The normalized spacial score (nSPS) is 16.5. The topological polar surface area (TPSA) is 89.5 Å². The maximum Gasteiger partial charge on any atom is 0.191 e. The van der Waals surface area contributed by atoms with E-state index >= 15 is 0 Å². The number of halogens is 1. The van der Waals surface area contributed by atoms with Gasteiger partial charge in [0.25, 0.3) is 0 Å². The first-order valence-electron chi connectivity index (χ1n) is 9.27. The lowest BCUT2D eigenvalue weighted by Gasteiger charge is -2.25. The highest BCUT2D eigenvalue weighted by Crippen LogP contribution is 2.13. The number of hydrogen-bond donors (Lipinski definition) is 2. The smallest absolute Gasteiger partial charge is 0.191 e. The molecule has 3 heterocycles. The van der Waals surface area contributed by atoms with Crippen LogP contribution in [0.4, 0.5) is 0 Å². The third-order valence-corrected chi connectivity index (χ3v) is 4.25. The summed E-state index contributed by atoms with van der Waals surface area (Å²) in [5.74, 6) is 3.61. The Labute approximate surface area is 177 Å². The van der Waals surface area contributed by atoms with Crippen LogP contribution >= 0.6 is 24.0 Å². The fourth-order valence-electron chi connectivity index (χ4n) is 3.00. The van der Waals surface area contributed by atoms with E-state index in [1.165, 1.54) is 0 Å². The van der Waals surface area contributed by atoms with Crippen molar-refractivity contribution in [3.63, 3.8) is 0 Å². The second kappa shape index (κ2) is 11.3. The Kier molecular flexibility index (Phi) is 9.05. The van der Waals surface area contributed by atoms with E-state index in [0.717, 1.165) is 68.7 Å². The Morgan fingerprint density at radius 3 is 3.11 bits per heavy atom. The van der Waals surface area contributed by atoms with Crippen LogP contribution in [0.5, 0.6) is 0 Å². The van der Waals surface area contributed by atoms with Crippen LogP contribution in [0.3, 0.4) is 0 Å². The van der Waals surface area contributed by atoms with Gasteiger partial charge in [0.1, 0.15) is 18.2 Å². The van der Waals surface area contributed by atoms with Crippen molar-refractivity contribution in [1.29, 1.82) is 0 Å². The number of aryl methyl sites for hydroxylation is 1. The van der Waals surface area contributed by atoms with Gasteiger partial charge in [-0.2, -0.15) is 5.10 Å². The van der Waals surface area contributed by atoms with Crippen LogP contribution in [0.25, 0.3) is 0 Å². The van der Waals surface area contributed by atoms with E-state index in [1.807, 2.05) is 16.8 Å². The predicted molar refractivity (Wildman–Crippen MR) is 114 cm³/mol. The summed E-state index contributed by atoms with van der Waals surface area (Å²) in [6.45, 7) is 4.95. The van der Waals surface area contributed by atoms with Crippen LogP contribution < -0.4 is 10.6 Å². The van der Waals surface area contributed by atoms with Crippen molar-refractivity contribution in [2.45, 2.75) is 51.8 Å². The van der Waals surface area contributed by atoms with Crippen molar-refractivity contribution in [3.05, 3.63) is 35.8 Å². The fraction of sp³-hybridized carbons (Fsp3) is 0.611. The molecule has 27 heavy (non-hydrogen) atoms. The van der Waals surface area contributed by atoms with Crippen molar-refractivity contribution >= 4 is 29.9 Å². The van der Waals surface area contributed by atoms with Crippen LogP contribution in [0.1, 0.15) is 37.2 Å². The average Bonchev–Trinajstić information content (AvgIpc) is 3.28. The second-order valence-electron chi connectivity index (χ2n) is 6.43. The molecule has 9 heteroatoms. The van der Waals surface area contributed by atoms with Crippen LogP contribution in [-0.4, -0.2) is 47.0 Å². The summed E-state index contributed by atoms with van der Waals surface area (Å²) >= 11 is 0. The SMILES string of the molecule is CCCN=C(NCCc1ccco1)NC1CCc2nc(COC)nn2C1.I. The van der Waals surface area contributed by atoms with Gasteiger partial charge in [-0.15, -0.1) is 24.0 Å². The van der Waals surface area contributed by atoms with Crippen molar-refractivity contribution in [2.75, 3.05) is 20.2 Å². The van der Waals surface area contributed by atoms with Gasteiger partial charge in [0, 0.05) is 39.1 Å². The van der Waals surface area contributed by atoms with Gasteiger partial charge in [0.15, 0.2) is 11.8 Å². The van der Waals surface area contributed by atoms with E-state index in [1.54, 1.807) is 13.4 Å². The Hall–Kier alpha value is -1.62. The number of furan rings is 1. The van der Waals surface area contributed by atoms with E-state index in [0.29, 0.717) is 6.61 Å². The quantitative estimate of drug-likeness (QED) is 0.336. The van der Waals surface area contributed by atoms with Crippen LogP contribution in [0.15, 0.2) is 27.8 Å². The van der Waals surface area contributed by atoms with Gasteiger partial charge in [-0.3, -0.25) is 4.99 Å². The second-order valence-corrected chi connectivity index (χ2v) is 6.43. The predicted octanol–water partition coefficient (Wildman–Crippen LogP) is 2.14. The third-order valence-electron chi connectivity index (χ3n) is 4.25. The Morgan fingerprint density at radius 1 is 1.48 bits per heavy atom. The molecule has 8 nitrogen and oxygen atoms in total. The molecular weight excluding hydrogens is 459 g/mol. The molecule has 0 spiro atoms. The summed E-state index contributed by atoms with van der Waals surface area (Å²) in [4.78, 5) is 9.17. The van der Waals surface area contributed by atoms with Gasteiger partial charge in [-0.05, 0) is 25.0 Å². The Morgan fingerprint density at radius 2 is 2.37 bits per heavy atom. The molecule has 2 N–H and O–H groups in total. The van der Waals surface area contributed by atoms with Crippen LogP contribution in [0, 0.1) is 0 Å². The first kappa shape index (κ1) is 21.7. The number of ether oxygens (including phenoxy) is 1. The van der Waals surface area contributed by atoms with E-state index in [4.69, 9.17) is 9.15 Å². The third kappa shape index (κ3) is 6.49. The molecule has 0 radical (unpaired) electrons. The lowest BCUT2D eigenvalue weighted by atomic mass is 10.1. The number of hydrogen-bond acceptors (Lipinski definition) is 5. The molecule has 0 aliphatic carbocycles. The van der Waals surface area contributed by atoms with Gasteiger partial charge in [0.2, 0.25) is 0 Å². The number of methoxy groups -OCH3 is 1. The number of rotatable bonds is 8. The van der Waals surface area contributed by atoms with Gasteiger partial charge < -0.3 is 19.8 Å². The molecule has 2 aromatic rings. The van der Waals surface area contributed by atoms with Crippen molar-refractivity contribution in [1.82, 2.24) is 25.4 Å². The highest BCUT2D eigenvalue weighted by Gasteiger charge is 2.22. The molecule has 1 aliphatic heterocycles. The minimum absolute atomic E-state index is 0. The van der Waals surface area contributed by atoms with Crippen molar-refractivity contribution in [2.24, 2.45) is 4.99 Å². The summed E-state index contributed by atoms with van der Waals surface area (Å²) < 4.78 is 12.5. The fourth-order valence-corrected chi connectivity index (χ4v) is 3.00. The molecule has 1 atom stereocenters. The number of nitrogens with zero attached hydrogens (tertiary/aromatic N) is 4. The summed E-state index contributed by atoms with van der Waals surface area (Å²) in [5.41, 5.74) is 0. The molecule has 0 saturated heterocycles. The molecule has 0 saturated carbocycles. The highest BCUT2D eigenvalue weighted by molar-refractivity contribution is 14.0. The first-order valence-corrected chi connectivity index (χ1v) is 9.27. The Balaban J connectivity index is 0.00000261. The summed E-state index contributed by atoms with van der Waals surface area (Å²) in [7, 11) is 1.66. The average molecular weight is 488 g/mol. The lowest BCUT2D eigenvalue weighted by molar-refractivity contribution is 0.177. The number of aromatic nitrogens is 3. The lowest BCUT2D eigenvalue weighted by Crippen LogP contribution is -2.47. The number of aliphatic imine (C=N–C) groups is 1. The van der Waals surface area contributed by atoms with Crippen LogP contribution in [0.2, 0.25) is 0 Å². The maximum absolute atomic E-state index is 5.38. The molecule has 0 amide bonds. The van der Waals surface area contributed by atoms with E-state index < -0.39 is 0 Å². The summed E-state index contributed by atoms with van der Waals surface area (Å²) in [6, 6.07) is 4.18. The van der Waals surface area contributed by atoms with E-state index in [-0.39, 0.29) is 30.0 Å². The summed E-state index contributed by atoms with van der Waals surface area (Å²) in [6.07, 6.45) is 5.47. The minimum atomic E-state index is 0. The molecule has 0 aromatic carbocycles. The molecule has 0 bridgehead atoms. The Bertz CT molecular complexity index is 701. The highest BCUT2D eigenvalue weighted by atomic mass is 127. The monoisotopic (exact) mass is 488 g/mol. The number of fused-ring (bicyclic) bond motifs is 1. The van der Waals surface area contributed by atoms with Crippen LogP contribution in [-0.2, 0) is 30.7 Å². The molecular formula is C18H29IN6O2. The number of nitrogens with one attached hydrogen (secondary N) is 2. The maximum atomic E-state index is 5.38. The van der Waals surface area contributed by atoms with Gasteiger partial charge in [-0.25, -0.2) is 9.67 Å². The largest absolute Gasteiger partial charge is 0.469 e. The molecule has 1 aliphatic rings. The van der Waals surface area contributed by atoms with E-state index in [9.17, 15) is 0 Å². The molecule has 3 rings (SSSR count).